The lowest BCUT2D eigenvalue weighted by Gasteiger charge is -2.35. The molecule has 0 amide bonds. The molecule has 5 nitrogen and oxygen atoms in total. The van der Waals surface area contributed by atoms with Crippen LogP contribution in [-0.4, -0.2) is 64.1 Å². The number of nitrogens with one attached hydrogen (secondary N) is 1. The molecule has 2 saturated heterocycles. The van der Waals surface area contributed by atoms with Crippen LogP contribution in [0.1, 0.15) is 31.2 Å². The average molecular weight is 381 g/mol. The lowest BCUT2D eigenvalue weighted by molar-refractivity contribution is -0.0334. The van der Waals surface area contributed by atoms with Gasteiger partial charge in [0.15, 0.2) is 11.6 Å². The Morgan fingerprint density at radius 1 is 1.11 bits per heavy atom. The van der Waals surface area contributed by atoms with Crippen molar-refractivity contribution in [2.45, 2.75) is 38.3 Å². The Morgan fingerprint density at radius 3 is 2.37 bits per heavy atom. The maximum Gasteiger partial charge on any atom is 0.169 e. The summed E-state index contributed by atoms with van der Waals surface area (Å²) in [5.41, 5.74) is 0.764. The van der Waals surface area contributed by atoms with Crippen molar-refractivity contribution in [1.29, 1.82) is 0 Å². The van der Waals surface area contributed by atoms with Gasteiger partial charge in [0.25, 0.3) is 0 Å². The highest BCUT2D eigenvalue weighted by Crippen LogP contribution is 2.32. The van der Waals surface area contributed by atoms with Crippen LogP contribution in [0.2, 0.25) is 0 Å². The van der Waals surface area contributed by atoms with E-state index in [2.05, 4.69) is 10.2 Å². The maximum atomic E-state index is 14.5. The number of ether oxygens (including phenoxy) is 3. The maximum absolute atomic E-state index is 14.5. The Hall–Kier alpha value is -1.21. The first kappa shape index (κ1) is 20.5. The molecule has 27 heavy (non-hydrogen) atoms. The third kappa shape index (κ3) is 6.42. The normalized spacial score (nSPS) is 25.4. The van der Waals surface area contributed by atoms with Gasteiger partial charge in [0.1, 0.15) is 0 Å². The van der Waals surface area contributed by atoms with Crippen LogP contribution in [0.4, 0.5) is 4.39 Å². The van der Waals surface area contributed by atoms with Gasteiger partial charge in [-0.25, -0.2) is 4.39 Å². The predicted molar refractivity (Wildman–Crippen MR) is 104 cm³/mol. The van der Waals surface area contributed by atoms with E-state index < -0.39 is 0 Å². The highest BCUT2D eigenvalue weighted by molar-refractivity contribution is 5.31. The Kier molecular flexibility index (Phi) is 8.33. The van der Waals surface area contributed by atoms with Gasteiger partial charge in [0.05, 0.1) is 32.5 Å². The minimum Gasteiger partial charge on any atom is -0.487 e. The summed E-state index contributed by atoms with van der Waals surface area (Å²) in [5.74, 6) is 0.942. The van der Waals surface area contributed by atoms with Crippen molar-refractivity contribution < 1.29 is 18.6 Å². The lowest BCUT2D eigenvalue weighted by Crippen LogP contribution is -2.38. The third-order valence-electron chi connectivity index (χ3n) is 5.36. The predicted octanol–water partition coefficient (Wildman–Crippen LogP) is 2.83. The summed E-state index contributed by atoms with van der Waals surface area (Å²) in [5, 5.41) is 3.18. The van der Waals surface area contributed by atoms with E-state index in [1.165, 1.54) is 12.8 Å². The van der Waals surface area contributed by atoms with E-state index >= 15 is 0 Å². The van der Waals surface area contributed by atoms with Gasteiger partial charge in [0, 0.05) is 12.1 Å². The molecule has 1 aliphatic carbocycles. The monoisotopic (exact) mass is 380 g/mol. The smallest absolute Gasteiger partial charge is 0.169 e. The fraction of sp³-hybridized carbons (Fsp3) is 0.714. The molecular weight excluding hydrogens is 347 g/mol. The molecule has 3 fully saturated rings. The summed E-state index contributed by atoms with van der Waals surface area (Å²) in [6.07, 6.45) is 4.69. The standard InChI is InChI=1S/C17H25FN2O.C4H8O2/c1-19-11-13-9-15(10-13)21-16-6-4-5-14(17(16)18)12-20-7-2-3-8-20;1-2-6-4-3-5-1/h4-6,13,15,19H,2-3,7-12H2,1H3;1-4H2. The highest BCUT2D eigenvalue weighted by Gasteiger charge is 2.31. The molecule has 0 spiro atoms. The number of hydrogen-bond acceptors (Lipinski definition) is 5. The SMILES string of the molecule is C1COCCO1.CNCC1CC(Oc2cccc(CN3CCCC3)c2F)C1. The molecule has 2 aliphatic heterocycles. The molecule has 6 heteroatoms. The first-order valence-corrected chi connectivity index (χ1v) is 10.2. The molecule has 0 unspecified atom stereocenters. The first-order valence-electron chi connectivity index (χ1n) is 10.2. The number of hydrogen-bond donors (Lipinski definition) is 1. The fourth-order valence-electron chi connectivity index (χ4n) is 3.80. The van der Waals surface area contributed by atoms with E-state index in [9.17, 15) is 4.39 Å². The third-order valence-corrected chi connectivity index (χ3v) is 5.36. The Labute approximate surface area is 162 Å². The largest absolute Gasteiger partial charge is 0.487 e. The van der Waals surface area contributed by atoms with Gasteiger partial charge in [-0.15, -0.1) is 0 Å². The Bertz CT molecular complexity index is 545. The molecule has 1 aromatic carbocycles. The number of likely N-dealkylation sites (tertiary alicyclic amines) is 1. The Balaban J connectivity index is 0.000000299. The van der Waals surface area contributed by atoms with Gasteiger partial charge >= 0.3 is 0 Å². The van der Waals surface area contributed by atoms with Crippen molar-refractivity contribution >= 4 is 0 Å². The van der Waals surface area contributed by atoms with Crippen molar-refractivity contribution in [3.63, 3.8) is 0 Å². The summed E-state index contributed by atoms with van der Waals surface area (Å²) in [4.78, 5) is 2.31. The second-order valence-electron chi connectivity index (χ2n) is 7.57. The van der Waals surface area contributed by atoms with Crippen LogP contribution in [-0.2, 0) is 16.0 Å². The lowest BCUT2D eigenvalue weighted by atomic mass is 9.82. The van der Waals surface area contributed by atoms with Gasteiger partial charge < -0.3 is 19.5 Å². The van der Waals surface area contributed by atoms with E-state index in [1.807, 2.05) is 19.2 Å². The van der Waals surface area contributed by atoms with E-state index in [-0.39, 0.29) is 11.9 Å². The quantitative estimate of drug-likeness (QED) is 0.822. The molecule has 4 rings (SSSR count). The average Bonchev–Trinajstić information content (AvgIpc) is 3.18. The molecule has 2 heterocycles. The molecule has 0 aromatic heterocycles. The molecule has 0 atom stereocenters. The number of rotatable bonds is 6. The molecular formula is C21H33FN2O3. The summed E-state index contributed by atoms with van der Waals surface area (Å²) < 4.78 is 30.3. The van der Waals surface area contributed by atoms with Crippen LogP contribution in [0.3, 0.4) is 0 Å². The molecule has 152 valence electrons. The summed E-state index contributed by atoms with van der Waals surface area (Å²) >= 11 is 0. The zero-order valence-electron chi connectivity index (χ0n) is 16.4. The van der Waals surface area contributed by atoms with E-state index in [1.54, 1.807) is 6.07 Å². The van der Waals surface area contributed by atoms with Crippen molar-refractivity contribution in [1.82, 2.24) is 10.2 Å². The summed E-state index contributed by atoms with van der Waals surface area (Å²) in [6, 6.07) is 5.55. The van der Waals surface area contributed by atoms with Gasteiger partial charge in [-0.05, 0) is 64.3 Å². The topological polar surface area (TPSA) is 43.0 Å². The highest BCUT2D eigenvalue weighted by atomic mass is 19.1. The zero-order chi connectivity index (χ0) is 18.9. The zero-order valence-corrected chi connectivity index (χ0v) is 16.4. The second kappa shape index (κ2) is 11.0. The molecule has 0 radical (unpaired) electrons. The molecule has 1 saturated carbocycles. The molecule has 1 N–H and O–H groups in total. The van der Waals surface area contributed by atoms with Crippen LogP contribution < -0.4 is 10.1 Å². The second-order valence-corrected chi connectivity index (χ2v) is 7.57. The van der Waals surface area contributed by atoms with Crippen molar-refractivity contribution in [2.24, 2.45) is 5.92 Å². The summed E-state index contributed by atoms with van der Waals surface area (Å²) in [6.45, 7) is 7.01. The minimum atomic E-state index is -0.165. The molecule has 0 bridgehead atoms. The van der Waals surface area contributed by atoms with Crippen LogP contribution in [0.25, 0.3) is 0 Å². The van der Waals surface area contributed by atoms with E-state index in [4.69, 9.17) is 14.2 Å². The van der Waals surface area contributed by atoms with Crippen molar-refractivity contribution in [2.75, 3.05) is 53.1 Å². The minimum absolute atomic E-state index is 0.165. The van der Waals surface area contributed by atoms with Crippen molar-refractivity contribution in [3.8, 4) is 5.75 Å². The van der Waals surface area contributed by atoms with Crippen LogP contribution >= 0.6 is 0 Å². The van der Waals surface area contributed by atoms with Gasteiger partial charge in [0.2, 0.25) is 0 Å². The van der Waals surface area contributed by atoms with Gasteiger partial charge in [-0.2, -0.15) is 0 Å². The fourth-order valence-corrected chi connectivity index (χ4v) is 3.80. The van der Waals surface area contributed by atoms with Gasteiger partial charge in [-0.3, -0.25) is 4.90 Å². The number of halogens is 1. The number of benzene rings is 1. The number of nitrogens with zero attached hydrogens (tertiary/aromatic N) is 1. The van der Waals surface area contributed by atoms with Crippen LogP contribution in [0, 0.1) is 11.7 Å². The van der Waals surface area contributed by atoms with Crippen LogP contribution in [0.5, 0.6) is 5.75 Å². The summed E-state index contributed by atoms with van der Waals surface area (Å²) in [7, 11) is 1.97. The van der Waals surface area contributed by atoms with Crippen LogP contribution in [0.15, 0.2) is 18.2 Å². The Morgan fingerprint density at radius 2 is 1.78 bits per heavy atom. The first-order chi connectivity index (χ1) is 13.3. The molecule has 3 aliphatic rings. The van der Waals surface area contributed by atoms with E-state index in [0.29, 0.717) is 18.2 Å². The van der Waals surface area contributed by atoms with E-state index in [0.717, 1.165) is 64.5 Å². The van der Waals surface area contributed by atoms with Crippen molar-refractivity contribution in [3.05, 3.63) is 29.6 Å². The van der Waals surface area contributed by atoms with Gasteiger partial charge in [-0.1, -0.05) is 12.1 Å². The molecule has 1 aromatic rings.